The van der Waals surface area contributed by atoms with Crippen LogP contribution in [0.25, 0.3) is 0 Å². The molecule has 1 unspecified atom stereocenters. The number of halogens is 1. The molecule has 2 fully saturated rings. The number of piperidine rings is 1. The van der Waals surface area contributed by atoms with Crippen LogP contribution >= 0.6 is 24.0 Å². The van der Waals surface area contributed by atoms with Gasteiger partial charge in [0.25, 0.3) is 0 Å². The third kappa shape index (κ3) is 8.13. The number of hydrogen-bond acceptors (Lipinski definition) is 4. The van der Waals surface area contributed by atoms with E-state index in [2.05, 4.69) is 29.4 Å². The fourth-order valence-electron chi connectivity index (χ4n) is 4.13. The molecule has 1 aliphatic carbocycles. The van der Waals surface area contributed by atoms with Crippen LogP contribution in [0.1, 0.15) is 65.7 Å². The van der Waals surface area contributed by atoms with Crippen LogP contribution < -0.4 is 10.6 Å². The maximum absolute atomic E-state index is 11.9. The highest BCUT2D eigenvalue weighted by atomic mass is 127. The highest BCUT2D eigenvalue weighted by Gasteiger charge is 2.27. The van der Waals surface area contributed by atoms with Gasteiger partial charge in [0.05, 0.1) is 19.1 Å². The molecule has 1 saturated heterocycles. The molecule has 2 aliphatic rings. The predicted molar refractivity (Wildman–Crippen MR) is 122 cm³/mol. The first-order valence-corrected chi connectivity index (χ1v) is 10.6. The monoisotopic (exact) mass is 494 g/mol. The molecule has 6 nitrogen and oxygen atoms in total. The Kier molecular flexibility index (Phi) is 12.3. The third-order valence-corrected chi connectivity index (χ3v) is 5.65. The molecular weight excluding hydrogens is 455 g/mol. The summed E-state index contributed by atoms with van der Waals surface area (Å²) in [6, 6.07) is 0.968. The quantitative estimate of drug-likeness (QED) is 0.247. The average Bonchev–Trinajstić information content (AvgIpc) is 2.67. The number of carbonyl (C=O) groups excluding carboxylic acids is 1. The van der Waals surface area contributed by atoms with Gasteiger partial charge in [-0.05, 0) is 65.5 Å². The second kappa shape index (κ2) is 13.6. The van der Waals surface area contributed by atoms with E-state index in [4.69, 9.17) is 9.73 Å². The van der Waals surface area contributed by atoms with Crippen molar-refractivity contribution < 1.29 is 9.53 Å². The minimum atomic E-state index is -0.0246. The molecule has 0 aromatic rings. The van der Waals surface area contributed by atoms with E-state index in [0.717, 1.165) is 51.3 Å². The topological polar surface area (TPSA) is 66.0 Å². The molecule has 0 aromatic carbocycles. The lowest BCUT2D eigenvalue weighted by Gasteiger charge is -2.34. The van der Waals surface area contributed by atoms with E-state index in [9.17, 15) is 4.79 Å². The van der Waals surface area contributed by atoms with Crippen molar-refractivity contribution in [2.24, 2.45) is 10.9 Å². The van der Waals surface area contributed by atoms with E-state index in [1.165, 1.54) is 25.8 Å². The lowest BCUT2D eigenvalue weighted by Crippen LogP contribution is -2.47. The molecule has 0 radical (unpaired) electrons. The zero-order valence-corrected chi connectivity index (χ0v) is 19.7. The van der Waals surface area contributed by atoms with Crippen LogP contribution in [0, 0.1) is 5.92 Å². The molecule has 2 rings (SSSR count). The van der Waals surface area contributed by atoms with Gasteiger partial charge in [0, 0.05) is 18.6 Å². The summed E-state index contributed by atoms with van der Waals surface area (Å²) in [6.45, 7) is 10.7. The Morgan fingerprint density at radius 2 is 1.85 bits per heavy atom. The van der Waals surface area contributed by atoms with Crippen LogP contribution in [-0.2, 0) is 9.53 Å². The zero-order chi connectivity index (χ0) is 18.8. The average molecular weight is 494 g/mol. The molecule has 1 aliphatic heterocycles. The van der Waals surface area contributed by atoms with E-state index in [1.807, 2.05) is 6.92 Å². The molecule has 1 heterocycles. The second-order valence-electron chi connectivity index (χ2n) is 7.44. The molecule has 0 bridgehead atoms. The maximum atomic E-state index is 11.9. The molecule has 1 atom stereocenters. The van der Waals surface area contributed by atoms with Crippen molar-refractivity contribution in [3.05, 3.63) is 0 Å². The Bertz CT molecular complexity index is 453. The van der Waals surface area contributed by atoms with Crippen molar-refractivity contribution in [2.45, 2.75) is 77.8 Å². The molecular formula is C20H39IN4O2. The van der Waals surface area contributed by atoms with Crippen LogP contribution in [0.4, 0.5) is 0 Å². The number of ether oxygens (including phenoxy) is 1. The van der Waals surface area contributed by atoms with Crippen molar-refractivity contribution in [3.63, 3.8) is 0 Å². The summed E-state index contributed by atoms with van der Waals surface area (Å²) in [5.74, 6) is 0.977. The van der Waals surface area contributed by atoms with Crippen molar-refractivity contribution in [1.82, 2.24) is 15.5 Å². The van der Waals surface area contributed by atoms with Gasteiger partial charge in [-0.3, -0.25) is 14.7 Å². The Morgan fingerprint density at radius 3 is 2.48 bits per heavy atom. The first-order chi connectivity index (χ1) is 12.7. The molecule has 27 heavy (non-hydrogen) atoms. The molecule has 158 valence electrons. The van der Waals surface area contributed by atoms with E-state index < -0.39 is 0 Å². The lowest BCUT2D eigenvalue weighted by molar-refractivity contribution is -0.149. The van der Waals surface area contributed by atoms with Crippen LogP contribution in [0.15, 0.2) is 4.99 Å². The summed E-state index contributed by atoms with van der Waals surface area (Å²) in [5, 5.41) is 6.97. The summed E-state index contributed by atoms with van der Waals surface area (Å²) in [4.78, 5) is 19.3. The molecule has 1 saturated carbocycles. The molecule has 0 spiro atoms. The minimum Gasteiger partial charge on any atom is -0.466 e. The van der Waals surface area contributed by atoms with Gasteiger partial charge in [0.15, 0.2) is 5.96 Å². The number of esters is 1. The van der Waals surface area contributed by atoms with E-state index in [-0.39, 0.29) is 35.9 Å². The highest BCUT2D eigenvalue weighted by Crippen LogP contribution is 2.25. The predicted octanol–water partition coefficient (Wildman–Crippen LogP) is 3.16. The summed E-state index contributed by atoms with van der Waals surface area (Å²) in [7, 11) is 0. The Labute approximate surface area is 182 Å². The third-order valence-electron chi connectivity index (χ3n) is 5.65. The van der Waals surface area contributed by atoms with Crippen molar-refractivity contribution in [1.29, 1.82) is 0 Å². The fraction of sp³-hybridized carbons (Fsp3) is 0.900. The van der Waals surface area contributed by atoms with Gasteiger partial charge in [-0.1, -0.05) is 13.3 Å². The maximum Gasteiger partial charge on any atom is 0.308 e. The summed E-state index contributed by atoms with van der Waals surface area (Å²) in [6.07, 6.45) is 7.69. The normalized spacial score (nSPS) is 26.8. The Hall–Kier alpha value is -0.570. The van der Waals surface area contributed by atoms with Crippen molar-refractivity contribution in [3.8, 4) is 0 Å². The second-order valence-corrected chi connectivity index (χ2v) is 7.44. The number of aliphatic imine (C=N–C) groups is 1. The summed E-state index contributed by atoms with van der Waals surface area (Å²) >= 11 is 0. The smallest absolute Gasteiger partial charge is 0.308 e. The van der Waals surface area contributed by atoms with Crippen molar-refractivity contribution in [2.75, 3.05) is 32.8 Å². The number of nitrogens with zero attached hydrogens (tertiary/aromatic N) is 2. The fourth-order valence-corrected chi connectivity index (χ4v) is 4.13. The lowest BCUT2D eigenvalue weighted by atomic mass is 9.86. The van der Waals surface area contributed by atoms with Crippen LogP contribution in [-0.4, -0.2) is 61.7 Å². The van der Waals surface area contributed by atoms with Gasteiger partial charge in [0.2, 0.25) is 0 Å². The number of likely N-dealkylation sites (tertiary alicyclic amines) is 1. The standard InChI is InChI=1S/C20H38N4O2.HI/c1-4-21-20(22-15-18-9-7-8-14-24(18)5-2)23-17-12-10-16(11-13-17)19(25)26-6-3;/h16-18H,4-15H2,1-3H3,(H2,21,22,23);1H. The molecule has 7 heteroatoms. The molecule has 0 amide bonds. The van der Waals surface area contributed by atoms with E-state index in [0.29, 0.717) is 18.7 Å². The van der Waals surface area contributed by atoms with Gasteiger partial charge < -0.3 is 15.4 Å². The number of rotatable bonds is 7. The highest BCUT2D eigenvalue weighted by molar-refractivity contribution is 14.0. The number of hydrogen-bond donors (Lipinski definition) is 2. The number of guanidine groups is 1. The van der Waals surface area contributed by atoms with E-state index in [1.54, 1.807) is 0 Å². The van der Waals surface area contributed by atoms with Gasteiger partial charge >= 0.3 is 5.97 Å². The molecule has 0 aromatic heterocycles. The van der Waals surface area contributed by atoms with Crippen LogP contribution in [0.5, 0.6) is 0 Å². The van der Waals surface area contributed by atoms with Gasteiger partial charge in [-0.25, -0.2) is 0 Å². The van der Waals surface area contributed by atoms with Crippen LogP contribution in [0.3, 0.4) is 0 Å². The van der Waals surface area contributed by atoms with Gasteiger partial charge in [-0.2, -0.15) is 0 Å². The minimum absolute atomic E-state index is 0. The first-order valence-electron chi connectivity index (χ1n) is 10.6. The van der Waals surface area contributed by atoms with Crippen molar-refractivity contribution >= 4 is 35.9 Å². The van der Waals surface area contributed by atoms with Gasteiger partial charge in [-0.15, -0.1) is 24.0 Å². The Balaban J connectivity index is 0.00000364. The number of likely N-dealkylation sites (N-methyl/N-ethyl adjacent to an activating group) is 1. The largest absolute Gasteiger partial charge is 0.466 e. The summed E-state index contributed by atoms with van der Waals surface area (Å²) in [5.41, 5.74) is 0. The van der Waals surface area contributed by atoms with Crippen LogP contribution in [0.2, 0.25) is 0 Å². The zero-order valence-electron chi connectivity index (χ0n) is 17.3. The summed E-state index contributed by atoms with van der Waals surface area (Å²) < 4.78 is 5.16. The van der Waals surface area contributed by atoms with Gasteiger partial charge in [0.1, 0.15) is 0 Å². The van der Waals surface area contributed by atoms with E-state index >= 15 is 0 Å². The molecule has 2 N–H and O–H groups in total. The SMILES string of the molecule is CCNC(=NCC1CCCCN1CC)NC1CCC(C(=O)OCC)CC1.I. The number of carbonyl (C=O) groups is 1. The first kappa shape index (κ1) is 24.5. The number of nitrogens with one attached hydrogen (secondary N) is 2. The Morgan fingerprint density at radius 1 is 1.11 bits per heavy atom.